The summed E-state index contributed by atoms with van der Waals surface area (Å²) in [7, 11) is 1.62. The largest absolute Gasteiger partial charge is 0.497 e. The van der Waals surface area contributed by atoms with Gasteiger partial charge in [0.15, 0.2) is 0 Å². The maximum atomic E-state index is 12.0. The van der Waals surface area contributed by atoms with Crippen LogP contribution in [0.15, 0.2) is 24.3 Å². The van der Waals surface area contributed by atoms with Crippen molar-refractivity contribution in [3.8, 4) is 5.75 Å². The van der Waals surface area contributed by atoms with E-state index in [1.165, 1.54) is 0 Å². The molecule has 0 aliphatic carbocycles. The van der Waals surface area contributed by atoms with E-state index in [1.54, 1.807) is 7.11 Å². The van der Waals surface area contributed by atoms with Crippen LogP contribution in [0.2, 0.25) is 0 Å². The quantitative estimate of drug-likeness (QED) is 0.834. The predicted octanol–water partition coefficient (Wildman–Crippen LogP) is 3.14. The molecule has 4 heteroatoms. The SMILES string of the molecule is COc1cccc([C@@H](C)NC(=O)C(C)(C)CCl)c1. The van der Waals surface area contributed by atoms with Gasteiger partial charge in [0.05, 0.1) is 18.6 Å². The van der Waals surface area contributed by atoms with E-state index in [4.69, 9.17) is 16.3 Å². The molecule has 3 nitrogen and oxygen atoms in total. The van der Waals surface area contributed by atoms with Crippen molar-refractivity contribution in [1.29, 1.82) is 0 Å². The van der Waals surface area contributed by atoms with E-state index >= 15 is 0 Å². The topological polar surface area (TPSA) is 38.3 Å². The number of nitrogens with one attached hydrogen (secondary N) is 1. The Morgan fingerprint density at radius 1 is 1.50 bits per heavy atom. The highest BCUT2D eigenvalue weighted by atomic mass is 35.5. The molecule has 1 amide bonds. The molecular weight excluding hydrogens is 250 g/mol. The first-order valence-electron chi connectivity index (χ1n) is 5.91. The van der Waals surface area contributed by atoms with Crippen molar-refractivity contribution in [1.82, 2.24) is 5.32 Å². The lowest BCUT2D eigenvalue weighted by molar-refractivity contribution is -0.129. The van der Waals surface area contributed by atoms with E-state index in [9.17, 15) is 4.79 Å². The van der Waals surface area contributed by atoms with Gasteiger partial charge in [-0.05, 0) is 38.5 Å². The van der Waals surface area contributed by atoms with Gasteiger partial charge in [-0.2, -0.15) is 0 Å². The van der Waals surface area contributed by atoms with Crippen molar-refractivity contribution >= 4 is 17.5 Å². The van der Waals surface area contributed by atoms with Crippen molar-refractivity contribution in [2.45, 2.75) is 26.8 Å². The Bertz CT molecular complexity index is 418. The summed E-state index contributed by atoms with van der Waals surface area (Å²) in [5.74, 6) is 1.03. The number of benzene rings is 1. The van der Waals surface area contributed by atoms with Crippen molar-refractivity contribution in [3.63, 3.8) is 0 Å². The van der Waals surface area contributed by atoms with Gasteiger partial charge in [-0.15, -0.1) is 11.6 Å². The number of ether oxygens (including phenoxy) is 1. The number of hydrogen-bond acceptors (Lipinski definition) is 2. The van der Waals surface area contributed by atoms with E-state index in [1.807, 2.05) is 45.0 Å². The number of rotatable bonds is 5. The molecule has 1 aromatic carbocycles. The first-order chi connectivity index (χ1) is 8.40. The second kappa shape index (κ2) is 6.10. The van der Waals surface area contributed by atoms with Gasteiger partial charge in [0, 0.05) is 5.88 Å². The van der Waals surface area contributed by atoms with Crippen molar-refractivity contribution < 1.29 is 9.53 Å². The number of amides is 1. The van der Waals surface area contributed by atoms with Gasteiger partial charge >= 0.3 is 0 Å². The van der Waals surface area contributed by atoms with E-state index in [0.29, 0.717) is 5.88 Å². The molecule has 0 saturated heterocycles. The Kier molecular flexibility index (Phi) is 5.03. The summed E-state index contributed by atoms with van der Waals surface area (Å²) >= 11 is 5.78. The maximum absolute atomic E-state index is 12.0. The maximum Gasteiger partial charge on any atom is 0.227 e. The molecule has 0 heterocycles. The first kappa shape index (κ1) is 14.8. The highest BCUT2D eigenvalue weighted by Gasteiger charge is 2.27. The molecule has 0 aliphatic heterocycles. The highest BCUT2D eigenvalue weighted by Crippen LogP contribution is 2.22. The Morgan fingerprint density at radius 2 is 2.17 bits per heavy atom. The molecule has 1 aromatic rings. The minimum atomic E-state index is -0.561. The van der Waals surface area contributed by atoms with Gasteiger partial charge in [-0.1, -0.05) is 12.1 Å². The Balaban J connectivity index is 2.76. The van der Waals surface area contributed by atoms with Crippen LogP contribution in [0.5, 0.6) is 5.75 Å². The number of hydrogen-bond donors (Lipinski definition) is 1. The molecule has 1 N–H and O–H groups in total. The zero-order valence-corrected chi connectivity index (χ0v) is 12.0. The summed E-state index contributed by atoms with van der Waals surface area (Å²) in [4.78, 5) is 12.0. The van der Waals surface area contributed by atoms with Crippen LogP contribution in [-0.2, 0) is 4.79 Å². The molecule has 100 valence electrons. The summed E-state index contributed by atoms with van der Waals surface area (Å²) in [6, 6.07) is 7.58. The fraction of sp³-hybridized carbons (Fsp3) is 0.500. The van der Waals surface area contributed by atoms with Crippen LogP contribution < -0.4 is 10.1 Å². The number of methoxy groups -OCH3 is 1. The summed E-state index contributed by atoms with van der Waals surface area (Å²) in [5, 5.41) is 2.96. The second-order valence-corrected chi connectivity index (χ2v) is 5.26. The molecule has 18 heavy (non-hydrogen) atoms. The third-order valence-corrected chi connectivity index (χ3v) is 3.56. The summed E-state index contributed by atoms with van der Waals surface area (Å²) < 4.78 is 5.16. The Labute approximate surface area is 113 Å². The summed E-state index contributed by atoms with van der Waals surface area (Å²) in [6.07, 6.45) is 0. The van der Waals surface area contributed by atoms with Crippen molar-refractivity contribution in [3.05, 3.63) is 29.8 Å². The number of halogens is 1. The van der Waals surface area contributed by atoms with E-state index in [2.05, 4.69) is 5.32 Å². The second-order valence-electron chi connectivity index (χ2n) is 4.99. The van der Waals surface area contributed by atoms with Crippen molar-refractivity contribution in [2.24, 2.45) is 5.41 Å². The molecule has 0 aliphatic rings. The van der Waals surface area contributed by atoms with Gasteiger partial charge < -0.3 is 10.1 Å². The van der Waals surface area contributed by atoms with Gasteiger partial charge in [0.25, 0.3) is 0 Å². The standard InChI is InChI=1S/C14H20ClNO2/c1-10(16-13(17)14(2,3)9-15)11-6-5-7-12(8-11)18-4/h5-8,10H,9H2,1-4H3,(H,16,17)/t10-/m1/s1. The lowest BCUT2D eigenvalue weighted by Gasteiger charge is -2.24. The van der Waals surface area contributed by atoms with Crippen LogP contribution in [-0.4, -0.2) is 18.9 Å². The van der Waals surface area contributed by atoms with Gasteiger partial charge in [0.2, 0.25) is 5.91 Å². The molecule has 0 aromatic heterocycles. The van der Waals surface area contributed by atoms with Crippen LogP contribution >= 0.6 is 11.6 Å². The molecule has 0 radical (unpaired) electrons. The van der Waals surface area contributed by atoms with Gasteiger partial charge in [-0.3, -0.25) is 4.79 Å². The minimum Gasteiger partial charge on any atom is -0.497 e. The van der Waals surface area contributed by atoms with Crippen LogP contribution in [0.25, 0.3) is 0 Å². The average Bonchev–Trinajstić information content (AvgIpc) is 2.38. The molecule has 0 spiro atoms. The number of alkyl halides is 1. The Morgan fingerprint density at radius 3 is 2.72 bits per heavy atom. The van der Waals surface area contributed by atoms with Crippen LogP contribution in [0.4, 0.5) is 0 Å². The smallest absolute Gasteiger partial charge is 0.227 e. The zero-order valence-electron chi connectivity index (χ0n) is 11.3. The summed E-state index contributed by atoms with van der Waals surface area (Å²) in [5.41, 5.74) is 0.447. The van der Waals surface area contributed by atoms with Crippen molar-refractivity contribution in [2.75, 3.05) is 13.0 Å². The minimum absolute atomic E-state index is 0.0483. The third-order valence-electron chi connectivity index (χ3n) is 2.89. The predicted molar refractivity (Wildman–Crippen MR) is 74.1 cm³/mol. The average molecular weight is 270 g/mol. The van der Waals surface area contributed by atoms with E-state index < -0.39 is 5.41 Å². The Hall–Kier alpha value is -1.22. The molecule has 0 unspecified atom stereocenters. The fourth-order valence-electron chi connectivity index (χ4n) is 1.45. The molecule has 0 fully saturated rings. The van der Waals surface area contributed by atoms with Crippen LogP contribution in [0.1, 0.15) is 32.4 Å². The van der Waals surface area contributed by atoms with Crippen LogP contribution in [0, 0.1) is 5.41 Å². The van der Waals surface area contributed by atoms with Gasteiger partial charge in [0.1, 0.15) is 5.75 Å². The zero-order chi connectivity index (χ0) is 13.8. The van der Waals surface area contributed by atoms with Gasteiger partial charge in [-0.25, -0.2) is 0 Å². The molecule has 1 rings (SSSR count). The first-order valence-corrected chi connectivity index (χ1v) is 6.45. The molecule has 0 bridgehead atoms. The summed E-state index contributed by atoms with van der Waals surface area (Å²) in [6.45, 7) is 5.60. The number of carbonyl (C=O) groups excluding carboxylic acids is 1. The van der Waals surface area contributed by atoms with E-state index in [0.717, 1.165) is 11.3 Å². The molecular formula is C14H20ClNO2. The fourth-order valence-corrected chi connectivity index (χ4v) is 1.57. The molecule has 1 atom stereocenters. The van der Waals surface area contributed by atoms with Crippen LogP contribution in [0.3, 0.4) is 0 Å². The lowest BCUT2D eigenvalue weighted by atomic mass is 9.94. The highest BCUT2D eigenvalue weighted by molar-refractivity contribution is 6.19. The lowest BCUT2D eigenvalue weighted by Crippen LogP contribution is -2.39. The van der Waals surface area contributed by atoms with E-state index in [-0.39, 0.29) is 11.9 Å². The number of carbonyl (C=O) groups is 1. The molecule has 0 saturated carbocycles. The third kappa shape index (κ3) is 3.64. The normalized spacial score (nSPS) is 12.9. The monoisotopic (exact) mass is 269 g/mol.